The number of halogens is 2. The summed E-state index contributed by atoms with van der Waals surface area (Å²) in [6, 6.07) is 4.15. The Balaban J connectivity index is 1.33. The first-order valence-corrected chi connectivity index (χ1v) is 13.6. The SMILES string of the molecule is CCCCCCC[C@H]1CC[C@H]([C@H]2CCCC(CCC(=O)Oc3ccc(Cl)c(F)c3)C2)CC1. The molecule has 0 heterocycles. The zero-order chi connectivity index (χ0) is 22.8. The number of benzene rings is 1. The highest BCUT2D eigenvalue weighted by Gasteiger charge is 2.31. The van der Waals surface area contributed by atoms with Gasteiger partial charge in [-0.1, -0.05) is 89.2 Å². The third kappa shape index (κ3) is 8.36. The summed E-state index contributed by atoms with van der Waals surface area (Å²) in [6.45, 7) is 2.28. The number of rotatable bonds is 11. The molecule has 180 valence electrons. The molecule has 2 aliphatic carbocycles. The number of carbonyl (C=O) groups excluding carboxylic acids is 1. The Bertz CT molecular complexity index is 699. The van der Waals surface area contributed by atoms with Crippen molar-refractivity contribution in [1.82, 2.24) is 0 Å². The number of unbranched alkanes of at least 4 members (excludes halogenated alkanes) is 4. The van der Waals surface area contributed by atoms with Crippen molar-refractivity contribution in [3.63, 3.8) is 0 Å². The van der Waals surface area contributed by atoms with E-state index in [2.05, 4.69) is 6.92 Å². The standard InChI is InChI=1S/C28H42ClFO2/c1-2-3-4-5-6-8-21-11-14-23(15-12-21)24-10-7-9-22(19-24)13-18-28(31)32-25-16-17-26(29)27(30)20-25/h16-17,20-24H,2-15,18-19H2,1H3/t21-,22?,23-,24-/m0/s1. The number of hydrogen-bond acceptors (Lipinski definition) is 2. The molecule has 3 rings (SSSR count). The minimum atomic E-state index is -0.557. The highest BCUT2D eigenvalue weighted by atomic mass is 35.5. The Kier molecular flexibility index (Phi) is 10.8. The molecule has 1 aromatic rings. The summed E-state index contributed by atoms with van der Waals surface area (Å²) in [5.41, 5.74) is 0. The van der Waals surface area contributed by atoms with E-state index < -0.39 is 5.82 Å². The lowest BCUT2D eigenvalue weighted by Gasteiger charge is -2.38. The van der Waals surface area contributed by atoms with E-state index in [0.29, 0.717) is 12.3 Å². The van der Waals surface area contributed by atoms with Crippen molar-refractivity contribution in [2.45, 2.75) is 110 Å². The van der Waals surface area contributed by atoms with Crippen LogP contribution >= 0.6 is 11.6 Å². The monoisotopic (exact) mass is 464 g/mol. The van der Waals surface area contributed by atoms with Crippen LogP contribution in [0.2, 0.25) is 5.02 Å². The lowest BCUT2D eigenvalue weighted by molar-refractivity contribution is -0.134. The molecule has 32 heavy (non-hydrogen) atoms. The average Bonchev–Trinajstić information content (AvgIpc) is 2.81. The van der Waals surface area contributed by atoms with Gasteiger partial charge in [-0.25, -0.2) is 4.39 Å². The van der Waals surface area contributed by atoms with Crippen LogP contribution in [0.1, 0.15) is 110 Å². The van der Waals surface area contributed by atoms with Gasteiger partial charge >= 0.3 is 5.97 Å². The summed E-state index contributed by atoms with van der Waals surface area (Å²) in [6.07, 6.45) is 20.6. The van der Waals surface area contributed by atoms with Crippen molar-refractivity contribution in [1.29, 1.82) is 0 Å². The second kappa shape index (κ2) is 13.6. The first-order chi connectivity index (χ1) is 15.5. The zero-order valence-electron chi connectivity index (χ0n) is 19.9. The average molecular weight is 465 g/mol. The van der Waals surface area contributed by atoms with Crippen LogP contribution in [0, 0.1) is 29.5 Å². The van der Waals surface area contributed by atoms with Gasteiger partial charge in [-0.05, 0) is 61.5 Å². The van der Waals surface area contributed by atoms with Gasteiger partial charge in [0.05, 0.1) is 5.02 Å². The predicted molar refractivity (Wildman–Crippen MR) is 131 cm³/mol. The second-order valence-electron chi connectivity index (χ2n) is 10.4. The van der Waals surface area contributed by atoms with Crippen molar-refractivity contribution < 1.29 is 13.9 Å². The highest BCUT2D eigenvalue weighted by molar-refractivity contribution is 6.30. The van der Waals surface area contributed by atoms with Crippen LogP contribution < -0.4 is 4.74 Å². The number of esters is 1. The minimum absolute atomic E-state index is 0.0408. The third-order valence-corrected chi connectivity index (χ3v) is 8.28. The van der Waals surface area contributed by atoms with E-state index in [9.17, 15) is 9.18 Å². The fraction of sp³-hybridized carbons (Fsp3) is 0.750. The van der Waals surface area contributed by atoms with Gasteiger partial charge in [-0.15, -0.1) is 0 Å². The van der Waals surface area contributed by atoms with Crippen LogP contribution in [-0.4, -0.2) is 5.97 Å². The molecule has 0 aliphatic heterocycles. The molecular weight excluding hydrogens is 423 g/mol. The number of carbonyl (C=O) groups is 1. The van der Waals surface area contributed by atoms with Gasteiger partial charge in [0.25, 0.3) is 0 Å². The molecule has 2 fully saturated rings. The van der Waals surface area contributed by atoms with E-state index in [4.69, 9.17) is 16.3 Å². The molecular formula is C28H42ClFO2. The molecule has 2 atom stereocenters. The summed E-state index contributed by atoms with van der Waals surface area (Å²) in [7, 11) is 0. The maximum absolute atomic E-state index is 13.5. The Morgan fingerprint density at radius 3 is 2.50 bits per heavy atom. The van der Waals surface area contributed by atoms with Crippen LogP contribution in [0.15, 0.2) is 18.2 Å². The van der Waals surface area contributed by atoms with Crippen LogP contribution in [-0.2, 0) is 4.79 Å². The molecule has 0 bridgehead atoms. The Morgan fingerprint density at radius 1 is 0.969 bits per heavy atom. The lowest BCUT2D eigenvalue weighted by Crippen LogP contribution is -2.27. The lowest BCUT2D eigenvalue weighted by atomic mass is 9.67. The molecule has 0 amide bonds. The molecule has 0 N–H and O–H groups in total. The quantitative estimate of drug-likeness (QED) is 0.185. The van der Waals surface area contributed by atoms with Gasteiger partial charge in [0, 0.05) is 12.5 Å². The fourth-order valence-corrected chi connectivity index (χ4v) is 6.17. The molecule has 2 saturated carbocycles. The number of hydrogen-bond donors (Lipinski definition) is 0. The predicted octanol–water partition coefficient (Wildman–Crippen LogP) is 9.14. The normalized spacial score (nSPS) is 26.1. The molecule has 0 radical (unpaired) electrons. The topological polar surface area (TPSA) is 26.3 Å². The van der Waals surface area contributed by atoms with Crippen molar-refractivity contribution in [2.75, 3.05) is 0 Å². The van der Waals surface area contributed by atoms with Gasteiger partial charge in [-0.3, -0.25) is 4.79 Å². The first-order valence-electron chi connectivity index (χ1n) is 13.2. The van der Waals surface area contributed by atoms with E-state index in [1.54, 1.807) is 6.07 Å². The molecule has 0 saturated heterocycles. The van der Waals surface area contributed by atoms with Crippen molar-refractivity contribution in [3.05, 3.63) is 29.0 Å². The summed E-state index contributed by atoms with van der Waals surface area (Å²) in [5, 5.41) is 0.0408. The first kappa shape index (κ1) is 25.5. The summed E-state index contributed by atoms with van der Waals surface area (Å²) in [4.78, 5) is 12.2. The van der Waals surface area contributed by atoms with Gasteiger partial charge in [-0.2, -0.15) is 0 Å². The van der Waals surface area contributed by atoms with E-state index in [0.717, 1.165) is 24.2 Å². The van der Waals surface area contributed by atoms with E-state index in [-0.39, 0.29) is 16.7 Å². The van der Waals surface area contributed by atoms with Crippen molar-refractivity contribution in [2.24, 2.45) is 23.7 Å². The van der Waals surface area contributed by atoms with Gasteiger partial charge in [0.2, 0.25) is 0 Å². The molecule has 0 aromatic heterocycles. The minimum Gasteiger partial charge on any atom is -0.426 e. The molecule has 4 heteroatoms. The van der Waals surface area contributed by atoms with Crippen LogP contribution in [0.25, 0.3) is 0 Å². The number of ether oxygens (including phenoxy) is 1. The van der Waals surface area contributed by atoms with Gasteiger partial charge in [0.15, 0.2) is 0 Å². The molecule has 2 aliphatic rings. The molecule has 1 aromatic carbocycles. The molecule has 1 unspecified atom stereocenters. The Morgan fingerprint density at radius 2 is 1.75 bits per heavy atom. The van der Waals surface area contributed by atoms with E-state index >= 15 is 0 Å². The van der Waals surface area contributed by atoms with Crippen LogP contribution in [0.4, 0.5) is 4.39 Å². The zero-order valence-corrected chi connectivity index (χ0v) is 20.7. The van der Waals surface area contributed by atoms with Gasteiger partial charge in [0.1, 0.15) is 11.6 Å². The smallest absolute Gasteiger partial charge is 0.311 e. The van der Waals surface area contributed by atoms with Crippen molar-refractivity contribution >= 4 is 17.6 Å². The van der Waals surface area contributed by atoms with Crippen LogP contribution in [0.3, 0.4) is 0 Å². The van der Waals surface area contributed by atoms with Crippen LogP contribution in [0.5, 0.6) is 5.75 Å². The summed E-state index contributed by atoms with van der Waals surface area (Å²) >= 11 is 5.69. The third-order valence-electron chi connectivity index (χ3n) is 7.98. The summed E-state index contributed by atoms with van der Waals surface area (Å²) < 4.78 is 18.8. The maximum atomic E-state index is 13.5. The Hall–Kier alpha value is -1.09. The van der Waals surface area contributed by atoms with Gasteiger partial charge < -0.3 is 4.74 Å². The Labute approximate surface area is 199 Å². The largest absolute Gasteiger partial charge is 0.426 e. The second-order valence-corrected chi connectivity index (χ2v) is 10.8. The van der Waals surface area contributed by atoms with Crippen molar-refractivity contribution in [3.8, 4) is 5.75 Å². The molecule has 0 spiro atoms. The van der Waals surface area contributed by atoms with E-state index in [1.807, 2.05) is 0 Å². The maximum Gasteiger partial charge on any atom is 0.311 e. The highest BCUT2D eigenvalue weighted by Crippen LogP contribution is 2.43. The molecule has 2 nitrogen and oxygen atoms in total. The summed E-state index contributed by atoms with van der Waals surface area (Å²) in [5.74, 6) is 2.75. The fourth-order valence-electron chi connectivity index (χ4n) is 6.05. The van der Waals surface area contributed by atoms with E-state index in [1.165, 1.54) is 102 Å².